The van der Waals surface area contributed by atoms with Gasteiger partial charge in [-0.05, 0) is 66.2 Å². The summed E-state index contributed by atoms with van der Waals surface area (Å²) in [6, 6.07) is 3.71. The van der Waals surface area contributed by atoms with E-state index in [1.54, 1.807) is 19.9 Å². The summed E-state index contributed by atoms with van der Waals surface area (Å²) < 4.78 is 19.3. The van der Waals surface area contributed by atoms with E-state index in [-0.39, 0.29) is 0 Å². The van der Waals surface area contributed by atoms with Crippen molar-refractivity contribution in [3.8, 4) is 0 Å². The van der Waals surface area contributed by atoms with Crippen molar-refractivity contribution < 1.29 is 23.9 Å². The zero-order chi connectivity index (χ0) is 20.1. The molecule has 1 saturated heterocycles. The van der Waals surface area contributed by atoms with Crippen LogP contribution in [0, 0.1) is 6.92 Å². The van der Waals surface area contributed by atoms with Crippen molar-refractivity contribution in [1.82, 2.24) is 4.40 Å². The first-order valence-corrected chi connectivity index (χ1v) is 9.35. The fourth-order valence-electron chi connectivity index (χ4n) is 3.44. The molecule has 1 aliphatic heterocycles. The third kappa shape index (κ3) is 3.28. The van der Waals surface area contributed by atoms with Gasteiger partial charge in [0.1, 0.15) is 0 Å². The van der Waals surface area contributed by atoms with E-state index in [1.165, 1.54) is 0 Å². The fourth-order valence-corrected chi connectivity index (χ4v) is 3.44. The predicted octanol–water partition coefficient (Wildman–Crippen LogP) is 2.78. The second kappa shape index (κ2) is 6.65. The van der Waals surface area contributed by atoms with Crippen LogP contribution in [0.4, 0.5) is 0 Å². The maximum absolute atomic E-state index is 12.4. The Balaban J connectivity index is 2.12. The Labute approximate surface area is 160 Å². The normalized spacial score (nSPS) is 19.5. The lowest BCUT2D eigenvalue weighted by atomic mass is 9.81. The Morgan fingerprint density at radius 1 is 1.26 bits per heavy atom. The number of carbonyl (C=O) groups is 1. The summed E-state index contributed by atoms with van der Waals surface area (Å²) in [5.41, 5.74) is 2.56. The maximum atomic E-state index is 12.4. The lowest BCUT2D eigenvalue weighted by molar-refractivity contribution is 0.00578. The monoisotopic (exact) mass is 373 g/mol. The van der Waals surface area contributed by atoms with Gasteiger partial charge in [-0.25, -0.2) is 4.79 Å². The van der Waals surface area contributed by atoms with Gasteiger partial charge in [-0.2, -0.15) is 0 Å². The van der Waals surface area contributed by atoms with Gasteiger partial charge in [0, 0.05) is 17.2 Å². The van der Waals surface area contributed by atoms with Crippen molar-refractivity contribution in [2.45, 2.75) is 65.8 Å². The van der Waals surface area contributed by atoms with Gasteiger partial charge >= 0.3 is 13.1 Å². The summed E-state index contributed by atoms with van der Waals surface area (Å²) in [5, 5.41) is 10.3. The quantitative estimate of drug-likeness (QED) is 0.659. The standard InChI is InChI=1S/C20H28BNO5/c1-8-25-18(24)16-10-15-9-14(11-22(15)17(12(16)2)13(3)23)21-26-19(4,5)20(6,7)27-21/h9-11,13,23H,8H2,1-7H3. The van der Waals surface area contributed by atoms with Crippen molar-refractivity contribution >= 4 is 24.1 Å². The van der Waals surface area contributed by atoms with Crippen LogP contribution >= 0.6 is 0 Å². The molecule has 0 aliphatic carbocycles. The molecule has 1 unspecified atom stereocenters. The van der Waals surface area contributed by atoms with E-state index >= 15 is 0 Å². The number of rotatable bonds is 4. The Kier molecular flexibility index (Phi) is 4.91. The van der Waals surface area contributed by atoms with Gasteiger partial charge in [0.05, 0.1) is 35.2 Å². The van der Waals surface area contributed by atoms with Gasteiger partial charge in [-0.1, -0.05) is 0 Å². The molecule has 6 nitrogen and oxygen atoms in total. The molecule has 1 N–H and O–H groups in total. The van der Waals surface area contributed by atoms with E-state index in [4.69, 9.17) is 14.0 Å². The second-order valence-corrected chi connectivity index (χ2v) is 8.12. The Morgan fingerprint density at radius 3 is 2.37 bits per heavy atom. The smallest absolute Gasteiger partial charge is 0.462 e. The van der Waals surface area contributed by atoms with Crippen LogP contribution in [0.5, 0.6) is 0 Å². The lowest BCUT2D eigenvalue weighted by Crippen LogP contribution is -2.41. The first-order valence-electron chi connectivity index (χ1n) is 9.35. The molecule has 1 atom stereocenters. The number of aliphatic hydroxyl groups is 1. The molecule has 0 aromatic carbocycles. The highest BCUT2D eigenvalue weighted by Gasteiger charge is 2.52. The summed E-state index contributed by atoms with van der Waals surface area (Å²) in [7, 11) is -0.511. The highest BCUT2D eigenvalue weighted by Crippen LogP contribution is 2.36. The summed E-state index contributed by atoms with van der Waals surface area (Å²) in [6.45, 7) is 13.6. The number of hydrogen-bond acceptors (Lipinski definition) is 5. The number of aromatic nitrogens is 1. The third-order valence-corrected chi connectivity index (χ3v) is 5.63. The highest BCUT2D eigenvalue weighted by atomic mass is 16.7. The molecular weight excluding hydrogens is 345 g/mol. The fraction of sp³-hybridized carbons (Fsp3) is 0.550. The van der Waals surface area contributed by atoms with E-state index in [1.807, 2.05) is 51.3 Å². The number of hydrogen-bond donors (Lipinski definition) is 1. The van der Waals surface area contributed by atoms with E-state index in [2.05, 4.69) is 0 Å². The van der Waals surface area contributed by atoms with Gasteiger partial charge in [0.25, 0.3) is 0 Å². The van der Waals surface area contributed by atoms with Crippen LogP contribution in [-0.4, -0.2) is 40.4 Å². The molecular formula is C20H28BNO5. The second-order valence-electron chi connectivity index (χ2n) is 8.12. The number of esters is 1. The minimum Gasteiger partial charge on any atom is -0.462 e. The minimum absolute atomic E-state index is 0.299. The number of carbonyl (C=O) groups excluding carboxylic acids is 1. The number of aliphatic hydroxyl groups excluding tert-OH is 1. The number of fused-ring (bicyclic) bond motifs is 1. The largest absolute Gasteiger partial charge is 0.496 e. The number of pyridine rings is 1. The summed E-state index contributed by atoms with van der Waals surface area (Å²) in [5.74, 6) is -0.391. The summed E-state index contributed by atoms with van der Waals surface area (Å²) in [6.07, 6.45) is 1.15. The molecule has 0 amide bonds. The van der Waals surface area contributed by atoms with E-state index < -0.39 is 30.4 Å². The van der Waals surface area contributed by atoms with E-state index in [0.29, 0.717) is 23.4 Å². The summed E-state index contributed by atoms with van der Waals surface area (Å²) in [4.78, 5) is 12.4. The van der Waals surface area contributed by atoms with Crippen molar-refractivity contribution in [2.24, 2.45) is 0 Å². The van der Waals surface area contributed by atoms with Crippen LogP contribution in [0.3, 0.4) is 0 Å². The Bertz CT molecular complexity index is 868. The van der Waals surface area contributed by atoms with Crippen LogP contribution in [0.25, 0.3) is 5.52 Å². The van der Waals surface area contributed by atoms with Gasteiger partial charge in [-0.3, -0.25) is 0 Å². The van der Waals surface area contributed by atoms with Gasteiger partial charge in [0.2, 0.25) is 0 Å². The molecule has 2 aromatic rings. The van der Waals surface area contributed by atoms with Gasteiger partial charge in [0.15, 0.2) is 0 Å². The predicted molar refractivity (Wildman–Crippen MR) is 104 cm³/mol. The molecule has 1 aliphatic rings. The minimum atomic E-state index is -0.750. The van der Waals surface area contributed by atoms with Crippen molar-refractivity contribution in [3.05, 3.63) is 35.2 Å². The molecule has 1 fully saturated rings. The van der Waals surface area contributed by atoms with Crippen LogP contribution in [-0.2, 0) is 14.0 Å². The van der Waals surface area contributed by atoms with E-state index in [9.17, 15) is 9.90 Å². The molecule has 2 aromatic heterocycles. The topological polar surface area (TPSA) is 69.4 Å². The molecule has 0 saturated carbocycles. The summed E-state index contributed by atoms with van der Waals surface area (Å²) >= 11 is 0. The van der Waals surface area contributed by atoms with Crippen LogP contribution in [0.2, 0.25) is 0 Å². The van der Waals surface area contributed by atoms with Crippen LogP contribution in [0.1, 0.15) is 69.3 Å². The Morgan fingerprint density at radius 2 is 1.85 bits per heavy atom. The molecule has 7 heteroatoms. The van der Waals surface area contributed by atoms with Crippen molar-refractivity contribution in [1.29, 1.82) is 0 Å². The van der Waals surface area contributed by atoms with Gasteiger partial charge in [-0.15, -0.1) is 0 Å². The molecule has 0 radical (unpaired) electrons. The molecule has 146 valence electrons. The van der Waals surface area contributed by atoms with Crippen LogP contribution < -0.4 is 5.46 Å². The van der Waals surface area contributed by atoms with E-state index in [0.717, 1.165) is 11.0 Å². The molecule has 3 rings (SSSR count). The molecule has 0 bridgehead atoms. The molecule has 0 spiro atoms. The first kappa shape index (κ1) is 19.9. The highest BCUT2D eigenvalue weighted by molar-refractivity contribution is 6.62. The van der Waals surface area contributed by atoms with Crippen LogP contribution in [0.15, 0.2) is 18.3 Å². The van der Waals surface area contributed by atoms with Gasteiger partial charge < -0.3 is 23.6 Å². The Hall–Kier alpha value is -1.83. The zero-order valence-corrected chi connectivity index (χ0v) is 17.1. The van der Waals surface area contributed by atoms with Crippen molar-refractivity contribution in [2.75, 3.05) is 6.61 Å². The first-order chi connectivity index (χ1) is 12.5. The average Bonchev–Trinajstić information content (AvgIpc) is 3.04. The third-order valence-electron chi connectivity index (χ3n) is 5.63. The lowest BCUT2D eigenvalue weighted by Gasteiger charge is -2.32. The molecule has 27 heavy (non-hydrogen) atoms. The average molecular weight is 373 g/mol. The molecule has 3 heterocycles. The zero-order valence-electron chi connectivity index (χ0n) is 17.1. The maximum Gasteiger partial charge on any atom is 0.496 e. The number of ether oxygens (including phenoxy) is 1. The van der Waals surface area contributed by atoms with Crippen molar-refractivity contribution in [3.63, 3.8) is 0 Å². The SMILES string of the molecule is CCOC(=O)c1cc2cc(B3OC(C)(C)C(C)(C)O3)cn2c(C(C)O)c1C. The number of nitrogens with zero attached hydrogens (tertiary/aromatic N) is 1.